The van der Waals surface area contributed by atoms with Gasteiger partial charge in [0, 0.05) is 12.3 Å². The Balaban J connectivity index is 2.12. The lowest BCUT2D eigenvalue weighted by molar-refractivity contribution is 0.791. The summed E-state index contributed by atoms with van der Waals surface area (Å²) >= 11 is 4.37. The average Bonchev–Trinajstić information content (AvgIpc) is 2.90. The molecule has 0 radical (unpaired) electrons. The van der Waals surface area contributed by atoms with Crippen molar-refractivity contribution >= 4 is 40.2 Å². The topological polar surface area (TPSA) is 37.8 Å². The first-order valence-corrected chi connectivity index (χ1v) is 9.10. The Kier molecular flexibility index (Phi) is 5.74. The van der Waals surface area contributed by atoms with Crippen LogP contribution in [0, 0.1) is 3.57 Å². The molecule has 2 rings (SSSR count). The van der Waals surface area contributed by atoms with Gasteiger partial charge in [-0.15, -0.1) is 0 Å². The molecule has 1 saturated carbocycles. The molecule has 3 nitrogen and oxygen atoms in total. The number of aromatic nitrogens is 2. The Morgan fingerprint density at radius 3 is 2.58 bits per heavy atom. The van der Waals surface area contributed by atoms with E-state index in [0.29, 0.717) is 5.92 Å². The maximum atomic E-state index is 4.76. The highest BCUT2D eigenvalue weighted by Crippen LogP contribution is 2.32. The first kappa shape index (κ1) is 15.4. The predicted octanol–water partition coefficient (Wildman–Crippen LogP) is 4.42. The summed E-state index contributed by atoms with van der Waals surface area (Å²) in [6, 6.07) is 0. The van der Waals surface area contributed by atoms with Gasteiger partial charge in [0.2, 0.25) is 0 Å². The predicted molar refractivity (Wildman–Crippen MR) is 91.9 cm³/mol. The van der Waals surface area contributed by atoms with Crippen molar-refractivity contribution < 1.29 is 0 Å². The third-order valence-corrected chi connectivity index (χ3v) is 5.89. The Hall–Kier alpha value is -0.0400. The molecule has 0 saturated heterocycles. The van der Waals surface area contributed by atoms with Gasteiger partial charge in [-0.25, -0.2) is 9.97 Å². The third-order valence-electron chi connectivity index (χ3n) is 3.46. The zero-order chi connectivity index (χ0) is 13.8. The van der Waals surface area contributed by atoms with E-state index >= 15 is 0 Å². The first-order valence-electron chi connectivity index (χ1n) is 6.97. The van der Waals surface area contributed by atoms with Gasteiger partial charge in [0.25, 0.3) is 0 Å². The monoisotopic (exact) mass is 391 g/mol. The van der Waals surface area contributed by atoms with E-state index in [1.807, 2.05) is 18.8 Å². The molecule has 1 N–H and O–H groups in total. The number of hydrogen-bond acceptors (Lipinski definition) is 4. The van der Waals surface area contributed by atoms with E-state index in [1.54, 1.807) is 0 Å². The highest BCUT2D eigenvalue weighted by Gasteiger charge is 2.18. The van der Waals surface area contributed by atoms with Crippen molar-refractivity contribution in [2.24, 2.45) is 0 Å². The van der Waals surface area contributed by atoms with Gasteiger partial charge in [-0.05, 0) is 41.4 Å². The van der Waals surface area contributed by atoms with Crippen LogP contribution in [0.15, 0.2) is 0 Å². The van der Waals surface area contributed by atoms with E-state index in [9.17, 15) is 0 Å². The average molecular weight is 391 g/mol. The van der Waals surface area contributed by atoms with Crippen LogP contribution in [0.3, 0.4) is 0 Å². The molecule has 1 aliphatic carbocycles. The SMILES string of the molecule is CNc1nc(CSC2CCCC2)nc(C(C)C)c1I. The second-order valence-corrected chi connectivity index (χ2v) is 7.68. The van der Waals surface area contributed by atoms with Gasteiger partial charge in [-0.3, -0.25) is 0 Å². The van der Waals surface area contributed by atoms with Crippen molar-refractivity contribution in [3.05, 3.63) is 15.1 Å². The minimum Gasteiger partial charge on any atom is -0.372 e. The zero-order valence-corrected chi connectivity index (χ0v) is 14.8. The van der Waals surface area contributed by atoms with E-state index in [0.717, 1.165) is 26.2 Å². The smallest absolute Gasteiger partial charge is 0.143 e. The summed E-state index contributed by atoms with van der Waals surface area (Å²) in [6.45, 7) is 4.38. The van der Waals surface area contributed by atoms with Crippen molar-refractivity contribution in [1.82, 2.24) is 9.97 Å². The fourth-order valence-electron chi connectivity index (χ4n) is 2.37. The second kappa shape index (κ2) is 7.11. The minimum absolute atomic E-state index is 0.442. The summed E-state index contributed by atoms with van der Waals surface area (Å²) in [5, 5.41) is 4.01. The molecule has 0 bridgehead atoms. The molecule has 1 heterocycles. The molecule has 0 aromatic carbocycles. The van der Waals surface area contributed by atoms with Crippen LogP contribution in [0.1, 0.15) is 57.0 Å². The van der Waals surface area contributed by atoms with Crippen LogP contribution >= 0.6 is 34.4 Å². The molecule has 0 aliphatic heterocycles. The van der Waals surface area contributed by atoms with Gasteiger partial charge in [0.05, 0.1) is 15.0 Å². The molecular formula is C14H22IN3S. The van der Waals surface area contributed by atoms with E-state index in [-0.39, 0.29) is 0 Å². The molecule has 106 valence electrons. The summed E-state index contributed by atoms with van der Waals surface area (Å²) in [7, 11) is 1.93. The number of nitrogens with zero attached hydrogens (tertiary/aromatic N) is 2. The Morgan fingerprint density at radius 1 is 1.32 bits per heavy atom. The summed E-state index contributed by atoms with van der Waals surface area (Å²) in [5.74, 6) is 3.33. The van der Waals surface area contributed by atoms with Gasteiger partial charge in [-0.1, -0.05) is 26.7 Å². The molecule has 1 aromatic heterocycles. The summed E-state index contributed by atoms with van der Waals surface area (Å²) in [5.41, 5.74) is 1.17. The molecule has 1 fully saturated rings. The quantitative estimate of drug-likeness (QED) is 0.754. The van der Waals surface area contributed by atoms with Gasteiger partial charge in [0.1, 0.15) is 11.6 Å². The lowest BCUT2D eigenvalue weighted by atomic mass is 10.1. The molecule has 1 aliphatic rings. The molecular weight excluding hydrogens is 369 g/mol. The van der Waals surface area contributed by atoms with Crippen LogP contribution in [-0.2, 0) is 5.75 Å². The number of halogens is 1. The van der Waals surface area contributed by atoms with Crippen molar-refractivity contribution in [3.8, 4) is 0 Å². The Morgan fingerprint density at radius 2 is 2.00 bits per heavy atom. The summed E-state index contributed by atoms with van der Waals surface area (Å²) in [6.07, 6.45) is 5.52. The van der Waals surface area contributed by atoms with E-state index in [2.05, 4.69) is 46.7 Å². The molecule has 0 spiro atoms. The number of rotatable bonds is 5. The van der Waals surface area contributed by atoms with Crippen molar-refractivity contribution in [1.29, 1.82) is 0 Å². The highest BCUT2D eigenvalue weighted by molar-refractivity contribution is 14.1. The fraction of sp³-hybridized carbons (Fsp3) is 0.714. The number of nitrogens with one attached hydrogen (secondary N) is 1. The lowest BCUT2D eigenvalue weighted by Gasteiger charge is -2.14. The van der Waals surface area contributed by atoms with E-state index in [1.165, 1.54) is 31.4 Å². The Labute approximate surface area is 133 Å². The van der Waals surface area contributed by atoms with Crippen molar-refractivity contribution in [3.63, 3.8) is 0 Å². The van der Waals surface area contributed by atoms with Gasteiger partial charge >= 0.3 is 0 Å². The van der Waals surface area contributed by atoms with Crippen molar-refractivity contribution in [2.75, 3.05) is 12.4 Å². The van der Waals surface area contributed by atoms with Gasteiger partial charge < -0.3 is 5.32 Å². The maximum absolute atomic E-state index is 4.76. The maximum Gasteiger partial charge on any atom is 0.143 e. The second-order valence-electron chi connectivity index (χ2n) is 5.31. The normalized spacial score (nSPS) is 16.3. The first-order chi connectivity index (χ1) is 9.11. The molecule has 5 heteroatoms. The minimum atomic E-state index is 0.442. The van der Waals surface area contributed by atoms with Crippen LogP contribution in [0.4, 0.5) is 5.82 Å². The molecule has 0 atom stereocenters. The van der Waals surface area contributed by atoms with Gasteiger partial charge in [-0.2, -0.15) is 11.8 Å². The molecule has 19 heavy (non-hydrogen) atoms. The van der Waals surface area contributed by atoms with E-state index in [4.69, 9.17) is 4.98 Å². The van der Waals surface area contributed by atoms with Gasteiger partial charge in [0.15, 0.2) is 0 Å². The Bertz CT molecular complexity index is 431. The molecule has 1 aromatic rings. The van der Waals surface area contributed by atoms with E-state index < -0.39 is 0 Å². The standard InChI is InChI=1S/C14H22IN3S/c1-9(2)13-12(15)14(16-3)18-11(17-13)8-19-10-6-4-5-7-10/h9-10H,4-8H2,1-3H3,(H,16,17,18). The number of thioether (sulfide) groups is 1. The molecule has 0 amide bonds. The molecule has 0 unspecified atom stereocenters. The van der Waals surface area contributed by atoms with Crippen LogP contribution in [-0.4, -0.2) is 22.3 Å². The number of anilines is 1. The van der Waals surface area contributed by atoms with Crippen LogP contribution in [0.5, 0.6) is 0 Å². The van der Waals surface area contributed by atoms with Crippen molar-refractivity contribution in [2.45, 2.75) is 56.5 Å². The van der Waals surface area contributed by atoms with Crippen LogP contribution < -0.4 is 5.32 Å². The fourth-order valence-corrected chi connectivity index (χ4v) is 4.69. The van der Waals surface area contributed by atoms with Crippen LogP contribution in [0.25, 0.3) is 0 Å². The lowest BCUT2D eigenvalue weighted by Crippen LogP contribution is -2.09. The highest BCUT2D eigenvalue weighted by atomic mass is 127. The summed E-state index contributed by atoms with van der Waals surface area (Å²) < 4.78 is 1.16. The van der Waals surface area contributed by atoms with Crippen LogP contribution in [0.2, 0.25) is 0 Å². The summed E-state index contributed by atoms with van der Waals surface area (Å²) in [4.78, 5) is 9.41. The zero-order valence-electron chi connectivity index (χ0n) is 11.9. The third kappa shape index (κ3) is 3.97. The number of hydrogen-bond donors (Lipinski definition) is 1. The largest absolute Gasteiger partial charge is 0.372 e.